The molecular weight excluding hydrogens is 448 g/mol. The van der Waals surface area contributed by atoms with Gasteiger partial charge in [-0.1, -0.05) is 17.7 Å². The predicted octanol–water partition coefficient (Wildman–Crippen LogP) is 5.18. The Kier molecular flexibility index (Phi) is 5.69. The minimum absolute atomic E-state index is 0.214. The van der Waals surface area contributed by atoms with Crippen LogP contribution in [0, 0.1) is 13.8 Å². The minimum atomic E-state index is -3.65. The fourth-order valence-corrected chi connectivity index (χ4v) is 5.55. The number of halogens is 1. The van der Waals surface area contributed by atoms with Crippen molar-refractivity contribution in [1.82, 2.24) is 0 Å². The second-order valence-corrected chi connectivity index (χ2v) is 10.4. The lowest BCUT2D eigenvalue weighted by molar-refractivity contribution is 0.102. The number of sulfonamides is 1. The molecule has 0 radical (unpaired) electrons. The third-order valence-corrected chi connectivity index (χ3v) is 7.34. The molecule has 0 saturated carbocycles. The number of nitrogens with one attached hydrogen (secondary N) is 2. The molecule has 0 saturated heterocycles. The van der Waals surface area contributed by atoms with Crippen molar-refractivity contribution >= 4 is 54.6 Å². The van der Waals surface area contributed by atoms with E-state index in [1.807, 2.05) is 32.0 Å². The summed E-state index contributed by atoms with van der Waals surface area (Å²) in [5, 5.41) is 2.87. The second-order valence-electron chi connectivity index (χ2n) is 6.01. The highest BCUT2D eigenvalue weighted by Crippen LogP contribution is 2.27. The Labute approximate surface area is 170 Å². The van der Waals surface area contributed by atoms with Crippen molar-refractivity contribution in [3.63, 3.8) is 0 Å². The van der Waals surface area contributed by atoms with Gasteiger partial charge >= 0.3 is 0 Å². The van der Waals surface area contributed by atoms with Gasteiger partial charge in [0, 0.05) is 16.9 Å². The van der Waals surface area contributed by atoms with Gasteiger partial charge in [-0.3, -0.25) is 9.52 Å². The van der Waals surface area contributed by atoms with Crippen molar-refractivity contribution in [1.29, 1.82) is 0 Å². The van der Waals surface area contributed by atoms with Gasteiger partial charge < -0.3 is 5.32 Å². The SMILES string of the molecule is Cc1ccc(NC(=O)c2ccc(NS(=O)(=O)c3ccc(Br)s3)cc2)c(C)c1. The van der Waals surface area contributed by atoms with Crippen molar-refractivity contribution in [3.8, 4) is 0 Å². The van der Waals surface area contributed by atoms with Crippen molar-refractivity contribution in [2.24, 2.45) is 0 Å². The maximum atomic E-state index is 12.4. The van der Waals surface area contributed by atoms with Gasteiger partial charge in [0.15, 0.2) is 0 Å². The molecule has 140 valence electrons. The van der Waals surface area contributed by atoms with Crippen LogP contribution in [0.2, 0.25) is 0 Å². The van der Waals surface area contributed by atoms with Crippen LogP contribution in [0.1, 0.15) is 21.5 Å². The van der Waals surface area contributed by atoms with E-state index in [9.17, 15) is 13.2 Å². The number of carbonyl (C=O) groups is 1. The highest BCUT2D eigenvalue weighted by atomic mass is 79.9. The van der Waals surface area contributed by atoms with E-state index in [1.165, 1.54) is 6.07 Å². The second kappa shape index (κ2) is 7.84. The van der Waals surface area contributed by atoms with Crippen LogP contribution in [0.4, 0.5) is 11.4 Å². The van der Waals surface area contributed by atoms with E-state index in [0.717, 1.165) is 31.9 Å². The van der Waals surface area contributed by atoms with Gasteiger partial charge in [-0.05, 0) is 77.8 Å². The molecule has 1 amide bonds. The Balaban J connectivity index is 1.72. The molecular formula is C19H17BrN2O3S2. The van der Waals surface area contributed by atoms with Crippen LogP contribution in [0.25, 0.3) is 0 Å². The number of rotatable bonds is 5. The van der Waals surface area contributed by atoms with Crippen LogP contribution in [0.3, 0.4) is 0 Å². The Morgan fingerprint density at radius 1 is 1.00 bits per heavy atom. The third kappa shape index (κ3) is 4.77. The zero-order chi connectivity index (χ0) is 19.6. The third-order valence-electron chi connectivity index (χ3n) is 3.84. The lowest BCUT2D eigenvalue weighted by atomic mass is 10.1. The molecule has 1 heterocycles. The monoisotopic (exact) mass is 464 g/mol. The van der Waals surface area contributed by atoms with E-state index in [2.05, 4.69) is 26.0 Å². The van der Waals surface area contributed by atoms with Crippen LogP contribution in [-0.4, -0.2) is 14.3 Å². The lowest BCUT2D eigenvalue weighted by Crippen LogP contribution is -2.14. The normalized spacial score (nSPS) is 11.2. The average molecular weight is 465 g/mol. The molecule has 0 bridgehead atoms. The number of thiophene rings is 1. The van der Waals surface area contributed by atoms with E-state index >= 15 is 0 Å². The first-order valence-electron chi connectivity index (χ1n) is 8.01. The molecule has 3 aromatic rings. The molecule has 27 heavy (non-hydrogen) atoms. The molecule has 3 rings (SSSR count). The quantitative estimate of drug-likeness (QED) is 0.545. The number of aryl methyl sites for hydroxylation is 2. The fraction of sp³-hybridized carbons (Fsp3) is 0.105. The van der Waals surface area contributed by atoms with Crippen LogP contribution in [-0.2, 0) is 10.0 Å². The van der Waals surface area contributed by atoms with E-state index < -0.39 is 10.0 Å². The van der Waals surface area contributed by atoms with Gasteiger partial charge in [-0.2, -0.15) is 0 Å². The van der Waals surface area contributed by atoms with Crippen LogP contribution in [0.15, 0.2) is 62.6 Å². The standard InChI is InChI=1S/C19H17BrN2O3S2/c1-12-3-8-16(13(2)11-12)21-19(23)14-4-6-15(7-5-14)22-27(24,25)18-10-9-17(20)26-18/h3-11,22H,1-2H3,(H,21,23). The van der Waals surface area contributed by atoms with Crippen LogP contribution < -0.4 is 10.0 Å². The number of amides is 1. The molecule has 0 fully saturated rings. The summed E-state index contributed by atoms with van der Waals surface area (Å²) < 4.78 is 28.1. The molecule has 0 atom stereocenters. The molecule has 0 spiro atoms. The molecule has 2 N–H and O–H groups in total. The largest absolute Gasteiger partial charge is 0.322 e. The topological polar surface area (TPSA) is 75.3 Å². The van der Waals surface area contributed by atoms with Crippen molar-refractivity contribution in [3.05, 3.63) is 75.1 Å². The number of hydrogen-bond acceptors (Lipinski definition) is 4. The van der Waals surface area contributed by atoms with Gasteiger partial charge in [0.1, 0.15) is 4.21 Å². The molecule has 8 heteroatoms. The first kappa shape index (κ1) is 19.6. The van der Waals surface area contributed by atoms with E-state index in [1.54, 1.807) is 30.3 Å². The summed E-state index contributed by atoms with van der Waals surface area (Å²) in [6, 6.07) is 15.3. The van der Waals surface area contributed by atoms with Crippen molar-refractivity contribution in [2.75, 3.05) is 10.0 Å². The summed E-state index contributed by atoms with van der Waals surface area (Å²) >= 11 is 4.38. The van der Waals surface area contributed by atoms with E-state index in [4.69, 9.17) is 0 Å². The molecule has 0 aliphatic carbocycles. The van der Waals surface area contributed by atoms with Crippen molar-refractivity contribution in [2.45, 2.75) is 18.1 Å². The van der Waals surface area contributed by atoms with E-state index in [0.29, 0.717) is 11.3 Å². The Bertz CT molecular complexity index is 1090. The number of hydrogen-bond donors (Lipinski definition) is 2. The van der Waals surface area contributed by atoms with E-state index in [-0.39, 0.29) is 10.1 Å². The maximum Gasteiger partial charge on any atom is 0.271 e. The Morgan fingerprint density at radius 3 is 2.30 bits per heavy atom. The molecule has 5 nitrogen and oxygen atoms in total. The van der Waals surface area contributed by atoms with Crippen LogP contribution >= 0.6 is 27.3 Å². The lowest BCUT2D eigenvalue weighted by Gasteiger charge is -2.10. The summed E-state index contributed by atoms with van der Waals surface area (Å²) in [6.07, 6.45) is 0. The molecule has 2 aromatic carbocycles. The van der Waals surface area contributed by atoms with Gasteiger partial charge in [0.2, 0.25) is 0 Å². The number of benzene rings is 2. The Morgan fingerprint density at radius 2 is 1.70 bits per heavy atom. The molecule has 1 aromatic heterocycles. The number of anilines is 2. The maximum absolute atomic E-state index is 12.4. The average Bonchev–Trinajstić information content (AvgIpc) is 3.05. The number of carbonyl (C=O) groups excluding carboxylic acids is 1. The summed E-state index contributed by atoms with van der Waals surface area (Å²) in [6.45, 7) is 3.93. The van der Waals surface area contributed by atoms with Gasteiger partial charge in [0.25, 0.3) is 15.9 Å². The summed E-state index contributed by atoms with van der Waals surface area (Å²) in [7, 11) is -3.65. The highest BCUT2D eigenvalue weighted by molar-refractivity contribution is 9.11. The Hall–Kier alpha value is -2.16. The summed E-state index contributed by atoms with van der Waals surface area (Å²) in [4.78, 5) is 12.4. The van der Waals surface area contributed by atoms with Gasteiger partial charge in [-0.25, -0.2) is 8.42 Å². The first-order valence-corrected chi connectivity index (χ1v) is 11.1. The zero-order valence-electron chi connectivity index (χ0n) is 14.6. The minimum Gasteiger partial charge on any atom is -0.322 e. The summed E-state index contributed by atoms with van der Waals surface area (Å²) in [5.74, 6) is -0.251. The first-order chi connectivity index (χ1) is 12.7. The molecule has 0 aliphatic heterocycles. The summed E-state index contributed by atoms with van der Waals surface area (Å²) in [5.41, 5.74) is 3.69. The fourth-order valence-electron chi connectivity index (χ4n) is 2.49. The molecule has 0 unspecified atom stereocenters. The molecule has 0 aliphatic rings. The van der Waals surface area contributed by atoms with Gasteiger partial charge in [-0.15, -0.1) is 11.3 Å². The zero-order valence-corrected chi connectivity index (χ0v) is 17.8. The smallest absolute Gasteiger partial charge is 0.271 e. The van der Waals surface area contributed by atoms with Crippen LogP contribution in [0.5, 0.6) is 0 Å². The van der Waals surface area contributed by atoms with Gasteiger partial charge in [0.05, 0.1) is 3.79 Å². The predicted molar refractivity (Wildman–Crippen MR) is 113 cm³/mol. The highest BCUT2D eigenvalue weighted by Gasteiger charge is 2.17. The van der Waals surface area contributed by atoms with Crippen molar-refractivity contribution < 1.29 is 13.2 Å².